The molecule has 1 atom stereocenters. The summed E-state index contributed by atoms with van der Waals surface area (Å²) < 4.78 is 7.06. The molecule has 132 valence electrons. The summed E-state index contributed by atoms with van der Waals surface area (Å²) in [6.07, 6.45) is 1.91. The van der Waals surface area contributed by atoms with E-state index in [1.165, 1.54) is 0 Å². The second kappa shape index (κ2) is 8.54. The molecular weight excluding hydrogens is 425 g/mol. The smallest absolute Gasteiger partial charge is 0.255 e. The average molecular weight is 443 g/mol. The van der Waals surface area contributed by atoms with Crippen molar-refractivity contribution in [2.45, 2.75) is 25.6 Å². The van der Waals surface area contributed by atoms with E-state index in [-0.39, 0.29) is 12.0 Å². The predicted octanol–water partition coefficient (Wildman–Crippen LogP) is 5.58. The lowest BCUT2D eigenvalue weighted by Gasteiger charge is -2.33. The van der Waals surface area contributed by atoms with E-state index in [4.69, 9.17) is 27.9 Å². The zero-order valence-electron chi connectivity index (χ0n) is 13.6. The van der Waals surface area contributed by atoms with Gasteiger partial charge in [0.25, 0.3) is 5.91 Å². The van der Waals surface area contributed by atoms with Gasteiger partial charge in [0.1, 0.15) is 0 Å². The summed E-state index contributed by atoms with van der Waals surface area (Å²) in [5.74, 6) is -0.0707. The van der Waals surface area contributed by atoms with Gasteiger partial charge in [0.15, 0.2) is 0 Å². The van der Waals surface area contributed by atoms with Crippen LogP contribution in [-0.2, 0) is 11.3 Å². The number of halogens is 3. The Hall–Kier alpha value is -1.07. The van der Waals surface area contributed by atoms with Crippen molar-refractivity contribution in [3.63, 3.8) is 0 Å². The minimum Gasteiger partial charge on any atom is -0.372 e. The lowest BCUT2D eigenvalue weighted by Crippen LogP contribution is -2.43. The van der Waals surface area contributed by atoms with E-state index >= 15 is 0 Å². The standard InChI is InChI=1S/C19H18BrCl2NO2/c20-14-5-3-13(4-6-14)12-25-16-2-1-9-23(11-16)19(24)17-8-7-15(21)10-18(17)22/h3-8,10,16H,1-2,9,11-12H2/t16-/m0/s1. The minimum atomic E-state index is -0.0707. The molecule has 0 unspecified atom stereocenters. The molecule has 1 aliphatic rings. The first-order valence-electron chi connectivity index (χ1n) is 8.13. The van der Waals surface area contributed by atoms with E-state index in [2.05, 4.69) is 15.9 Å². The maximum Gasteiger partial charge on any atom is 0.255 e. The molecule has 2 aromatic rings. The molecule has 0 N–H and O–H groups in total. The second-order valence-corrected chi connectivity index (χ2v) is 7.84. The summed E-state index contributed by atoms with van der Waals surface area (Å²) in [4.78, 5) is 14.5. The maximum atomic E-state index is 12.7. The number of hydrogen-bond acceptors (Lipinski definition) is 2. The number of nitrogens with zero attached hydrogens (tertiary/aromatic N) is 1. The number of piperidine rings is 1. The molecule has 3 nitrogen and oxygen atoms in total. The molecule has 6 heteroatoms. The van der Waals surface area contributed by atoms with Crippen molar-refractivity contribution >= 4 is 45.0 Å². The van der Waals surface area contributed by atoms with Gasteiger partial charge in [0.2, 0.25) is 0 Å². The molecule has 0 saturated carbocycles. The van der Waals surface area contributed by atoms with E-state index in [1.807, 2.05) is 29.2 Å². The summed E-state index contributed by atoms with van der Waals surface area (Å²) >= 11 is 15.5. The molecule has 1 aliphatic heterocycles. The Bertz CT molecular complexity index is 752. The Morgan fingerprint density at radius 2 is 1.96 bits per heavy atom. The van der Waals surface area contributed by atoms with Crippen LogP contribution in [0.15, 0.2) is 46.9 Å². The van der Waals surface area contributed by atoms with E-state index < -0.39 is 0 Å². The average Bonchev–Trinajstić information content (AvgIpc) is 2.61. The van der Waals surface area contributed by atoms with Crippen LogP contribution in [0, 0.1) is 0 Å². The number of ether oxygens (including phenoxy) is 1. The van der Waals surface area contributed by atoms with Crippen LogP contribution >= 0.6 is 39.1 Å². The minimum absolute atomic E-state index is 0.0347. The fourth-order valence-corrected chi connectivity index (χ4v) is 3.64. The Labute approximate surface area is 166 Å². The molecule has 25 heavy (non-hydrogen) atoms. The lowest BCUT2D eigenvalue weighted by atomic mass is 10.1. The van der Waals surface area contributed by atoms with E-state index in [0.29, 0.717) is 28.8 Å². The maximum absolute atomic E-state index is 12.7. The number of carbonyl (C=O) groups excluding carboxylic acids is 1. The third-order valence-corrected chi connectivity index (χ3v) is 5.30. The van der Waals surface area contributed by atoms with Crippen molar-refractivity contribution < 1.29 is 9.53 Å². The van der Waals surface area contributed by atoms with E-state index in [9.17, 15) is 4.79 Å². The van der Waals surface area contributed by atoms with Gasteiger partial charge in [-0.3, -0.25) is 4.79 Å². The van der Waals surface area contributed by atoms with Gasteiger partial charge in [-0.25, -0.2) is 0 Å². The summed E-state index contributed by atoms with van der Waals surface area (Å²) in [7, 11) is 0. The number of rotatable bonds is 4. The molecule has 0 bridgehead atoms. The predicted molar refractivity (Wildman–Crippen MR) is 104 cm³/mol. The monoisotopic (exact) mass is 441 g/mol. The number of carbonyl (C=O) groups is 1. The van der Waals surface area contributed by atoms with Gasteiger partial charge in [0, 0.05) is 22.6 Å². The van der Waals surface area contributed by atoms with Crippen molar-refractivity contribution in [1.29, 1.82) is 0 Å². The molecule has 2 aromatic carbocycles. The summed E-state index contributed by atoms with van der Waals surface area (Å²) in [6, 6.07) is 13.0. The molecule has 0 spiro atoms. The van der Waals surface area contributed by atoms with Crippen LogP contribution < -0.4 is 0 Å². The first-order valence-corrected chi connectivity index (χ1v) is 9.68. The molecule has 3 rings (SSSR count). The molecule has 1 saturated heterocycles. The third kappa shape index (κ3) is 4.98. The van der Waals surface area contributed by atoms with Gasteiger partial charge in [0.05, 0.1) is 23.3 Å². The Kier molecular flexibility index (Phi) is 6.39. The van der Waals surface area contributed by atoms with Crippen LogP contribution in [0.3, 0.4) is 0 Å². The van der Waals surface area contributed by atoms with Crippen LogP contribution in [0.5, 0.6) is 0 Å². The van der Waals surface area contributed by atoms with Crippen molar-refractivity contribution in [2.75, 3.05) is 13.1 Å². The Morgan fingerprint density at radius 1 is 1.20 bits per heavy atom. The Morgan fingerprint density at radius 3 is 2.68 bits per heavy atom. The molecule has 0 radical (unpaired) electrons. The van der Waals surface area contributed by atoms with Gasteiger partial charge in [-0.05, 0) is 48.7 Å². The molecule has 0 aliphatic carbocycles. The number of amides is 1. The topological polar surface area (TPSA) is 29.5 Å². The summed E-state index contributed by atoms with van der Waals surface area (Å²) in [5.41, 5.74) is 1.60. The van der Waals surface area contributed by atoms with Crippen LogP contribution in [0.1, 0.15) is 28.8 Å². The zero-order chi connectivity index (χ0) is 17.8. The highest BCUT2D eigenvalue weighted by atomic mass is 79.9. The molecule has 1 heterocycles. The lowest BCUT2D eigenvalue weighted by molar-refractivity contribution is -0.00672. The second-order valence-electron chi connectivity index (χ2n) is 6.08. The van der Waals surface area contributed by atoms with Crippen LogP contribution in [0.2, 0.25) is 10.0 Å². The normalized spacial score (nSPS) is 17.6. The van der Waals surface area contributed by atoms with Crippen molar-refractivity contribution in [3.05, 3.63) is 68.1 Å². The highest BCUT2D eigenvalue weighted by Crippen LogP contribution is 2.24. The molecule has 0 aromatic heterocycles. The third-order valence-electron chi connectivity index (χ3n) is 4.23. The van der Waals surface area contributed by atoms with Gasteiger partial charge >= 0.3 is 0 Å². The zero-order valence-corrected chi connectivity index (χ0v) is 16.6. The molecule has 1 amide bonds. The van der Waals surface area contributed by atoms with Crippen LogP contribution in [-0.4, -0.2) is 30.0 Å². The SMILES string of the molecule is O=C(c1ccc(Cl)cc1Cl)N1CCC[C@H](OCc2ccc(Br)cc2)C1. The quantitative estimate of drug-likeness (QED) is 0.618. The van der Waals surface area contributed by atoms with Crippen molar-refractivity contribution in [2.24, 2.45) is 0 Å². The largest absolute Gasteiger partial charge is 0.372 e. The van der Waals surface area contributed by atoms with Gasteiger partial charge in [-0.2, -0.15) is 0 Å². The molecule has 1 fully saturated rings. The number of likely N-dealkylation sites (tertiary alicyclic amines) is 1. The fraction of sp³-hybridized carbons (Fsp3) is 0.316. The van der Waals surface area contributed by atoms with Gasteiger partial charge < -0.3 is 9.64 Å². The highest BCUT2D eigenvalue weighted by molar-refractivity contribution is 9.10. The fourth-order valence-electron chi connectivity index (χ4n) is 2.89. The van der Waals surface area contributed by atoms with Crippen molar-refractivity contribution in [1.82, 2.24) is 4.90 Å². The number of hydrogen-bond donors (Lipinski definition) is 0. The van der Waals surface area contributed by atoms with Crippen LogP contribution in [0.4, 0.5) is 0 Å². The van der Waals surface area contributed by atoms with Gasteiger partial charge in [-0.1, -0.05) is 51.3 Å². The number of benzene rings is 2. The molecular formula is C19H18BrCl2NO2. The summed E-state index contributed by atoms with van der Waals surface area (Å²) in [5, 5.41) is 0.909. The highest BCUT2D eigenvalue weighted by Gasteiger charge is 2.26. The van der Waals surface area contributed by atoms with Crippen LogP contribution in [0.25, 0.3) is 0 Å². The van der Waals surface area contributed by atoms with E-state index in [0.717, 1.165) is 29.4 Å². The first kappa shape index (κ1) is 18.7. The van der Waals surface area contributed by atoms with E-state index in [1.54, 1.807) is 18.2 Å². The Balaban J connectivity index is 1.60. The van der Waals surface area contributed by atoms with Crippen molar-refractivity contribution in [3.8, 4) is 0 Å². The van der Waals surface area contributed by atoms with Gasteiger partial charge in [-0.15, -0.1) is 0 Å². The summed E-state index contributed by atoms with van der Waals surface area (Å²) in [6.45, 7) is 1.84. The first-order chi connectivity index (χ1) is 12.0.